The van der Waals surface area contributed by atoms with Gasteiger partial charge in [0.2, 0.25) is 5.91 Å². The molecule has 0 aliphatic rings. The number of methoxy groups -OCH3 is 1. The third-order valence-corrected chi connectivity index (χ3v) is 4.05. The maximum Gasteiger partial charge on any atom is 0.343 e. The number of amides is 3. The summed E-state index contributed by atoms with van der Waals surface area (Å²) in [6, 6.07) is 8.17. The number of carbonyl (C=O) groups excluding carboxylic acids is 2. The van der Waals surface area contributed by atoms with Crippen LogP contribution in [-0.4, -0.2) is 46.2 Å². The van der Waals surface area contributed by atoms with Crippen molar-refractivity contribution in [3.63, 3.8) is 0 Å². The van der Waals surface area contributed by atoms with Gasteiger partial charge in [0, 0.05) is 25.9 Å². The molecule has 1 aromatic carbocycles. The fourth-order valence-electron chi connectivity index (χ4n) is 1.95. The van der Waals surface area contributed by atoms with Gasteiger partial charge < -0.3 is 10.1 Å². The summed E-state index contributed by atoms with van der Waals surface area (Å²) in [5, 5.41) is 11.4. The summed E-state index contributed by atoms with van der Waals surface area (Å²) in [5.41, 5.74) is 0.237. The zero-order chi connectivity index (χ0) is 18.1. The van der Waals surface area contributed by atoms with Crippen LogP contribution in [0.2, 0.25) is 0 Å². The minimum absolute atomic E-state index is 0.0449. The van der Waals surface area contributed by atoms with Crippen LogP contribution < -0.4 is 16.3 Å². The molecule has 0 spiro atoms. The van der Waals surface area contributed by atoms with Crippen molar-refractivity contribution in [1.29, 1.82) is 0 Å². The summed E-state index contributed by atoms with van der Waals surface area (Å²) in [5.74, 6) is -0.533. The van der Waals surface area contributed by atoms with E-state index in [9.17, 15) is 14.4 Å². The number of para-hydroxylation sites is 1. The molecule has 0 radical (unpaired) electrons. The Hall–Kier alpha value is -2.59. The SMILES string of the molecule is COCCCn1c(SCC(=O)NC(=O)Nc2ccccc2)n[nH]c1=O. The molecular formula is C15H19N5O4S. The largest absolute Gasteiger partial charge is 0.385 e. The quantitative estimate of drug-likeness (QED) is 0.475. The first-order valence-electron chi connectivity index (χ1n) is 7.53. The van der Waals surface area contributed by atoms with E-state index in [1.807, 2.05) is 6.07 Å². The van der Waals surface area contributed by atoms with Crippen molar-refractivity contribution < 1.29 is 14.3 Å². The third kappa shape index (κ3) is 6.08. The number of aromatic amines is 1. The van der Waals surface area contributed by atoms with Crippen molar-refractivity contribution in [2.45, 2.75) is 18.1 Å². The molecule has 3 amide bonds. The van der Waals surface area contributed by atoms with Gasteiger partial charge in [0.1, 0.15) is 0 Å². The van der Waals surface area contributed by atoms with Crippen LogP contribution in [0.4, 0.5) is 10.5 Å². The zero-order valence-corrected chi connectivity index (χ0v) is 14.5. The van der Waals surface area contributed by atoms with Crippen molar-refractivity contribution in [3.05, 3.63) is 40.8 Å². The molecule has 1 heterocycles. The number of urea groups is 1. The molecule has 3 N–H and O–H groups in total. The average molecular weight is 365 g/mol. The van der Waals surface area contributed by atoms with Crippen molar-refractivity contribution in [2.24, 2.45) is 0 Å². The van der Waals surface area contributed by atoms with Gasteiger partial charge in [-0.15, -0.1) is 5.10 Å². The first-order valence-corrected chi connectivity index (χ1v) is 8.51. The smallest absolute Gasteiger partial charge is 0.343 e. The lowest BCUT2D eigenvalue weighted by Gasteiger charge is -2.07. The first kappa shape index (κ1) is 18.7. The molecule has 2 aromatic rings. The standard InChI is InChI=1S/C15H19N5O4S/c1-24-9-5-8-20-14(23)18-19-15(20)25-10-12(21)17-13(22)16-11-6-3-2-4-7-11/h2-4,6-7H,5,8-10H2,1H3,(H,18,23)(H2,16,17,21,22). The van der Waals surface area contributed by atoms with Gasteiger partial charge in [-0.2, -0.15) is 0 Å². The number of thioether (sulfide) groups is 1. The van der Waals surface area contributed by atoms with E-state index in [1.54, 1.807) is 31.4 Å². The lowest BCUT2D eigenvalue weighted by molar-refractivity contribution is -0.117. The molecule has 25 heavy (non-hydrogen) atoms. The Morgan fingerprint density at radius 2 is 2.08 bits per heavy atom. The van der Waals surface area contributed by atoms with Crippen molar-refractivity contribution in [1.82, 2.24) is 20.1 Å². The van der Waals surface area contributed by atoms with E-state index in [0.717, 1.165) is 11.8 Å². The molecule has 0 bridgehead atoms. The van der Waals surface area contributed by atoms with Gasteiger partial charge in [-0.1, -0.05) is 30.0 Å². The zero-order valence-electron chi connectivity index (χ0n) is 13.7. The highest BCUT2D eigenvalue weighted by Crippen LogP contribution is 2.13. The molecular weight excluding hydrogens is 346 g/mol. The number of carbonyl (C=O) groups is 2. The minimum atomic E-state index is -0.615. The van der Waals surface area contributed by atoms with E-state index < -0.39 is 11.9 Å². The predicted molar refractivity (Wildman–Crippen MR) is 93.7 cm³/mol. The number of ether oxygens (including phenoxy) is 1. The Bertz CT molecular complexity index is 759. The number of hydrogen-bond acceptors (Lipinski definition) is 6. The van der Waals surface area contributed by atoms with Gasteiger partial charge >= 0.3 is 11.7 Å². The molecule has 9 nitrogen and oxygen atoms in total. The number of benzene rings is 1. The molecule has 0 saturated heterocycles. The molecule has 134 valence electrons. The predicted octanol–water partition coefficient (Wildman–Crippen LogP) is 1.05. The number of nitrogens with one attached hydrogen (secondary N) is 3. The Balaban J connectivity index is 1.81. The molecule has 0 aliphatic carbocycles. The molecule has 0 unspecified atom stereocenters. The number of anilines is 1. The van der Waals surface area contributed by atoms with Crippen molar-refractivity contribution >= 4 is 29.4 Å². The Labute approximate surface area is 148 Å². The van der Waals surface area contributed by atoms with E-state index in [2.05, 4.69) is 20.8 Å². The van der Waals surface area contributed by atoms with Crippen molar-refractivity contribution in [3.8, 4) is 0 Å². The van der Waals surface area contributed by atoms with Crippen LogP contribution in [0.1, 0.15) is 6.42 Å². The summed E-state index contributed by atoms with van der Waals surface area (Å²) in [6.07, 6.45) is 0.648. The topological polar surface area (TPSA) is 118 Å². The number of hydrogen-bond donors (Lipinski definition) is 3. The molecule has 10 heteroatoms. The summed E-state index contributed by atoms with van der Waals surface area (Å²) < 4.78 is 6.38. The van der Waals surface area contributed by atoms with Gasteiger partial charge in [0.15, 0.2) is 5.16 Å². The minimum Gasteiger partial charge on any atom is -0.385 e. The van der Waals surface area contributed by atoms with Gasteiger partial charge in [0.05, 0.1) is 5.75 Å². The molecule has 0 atom stereocenters. The van der Waals surface area contributed by atoms with E-state index in [4.69, 9.17) is 4.74 Å². The second-order valence-corrected chi connectivity index (χ2v) is 5.91. The molecule has 0 fully saturated rings. The first-order chi connectivity index (χ1) is 12.1. The fourth-order valence-corrected chi connectivity index (χ4v) is 2.73. The van der Waals surface area contributed by atoms with Gasteiger partial charge in [-0.3, -0.25) is 14.7 Å². The van der Waals surface area contributed by atoms with Crippen LogP contribution in [0.15, 0.2) is 40.3 Å². The maximum atomic E-state index is 11.9. The number of aromatic nitrogens is 3. The van der Waals surface area contributed by atoms with Gasteiger partial charge in [-0.25, -0.2) is 14.7 Å². The normalized spacial score (nSPS) is 10.4. The van der Waals surface area contributed by atoms with E-state index in [1.165, 1.54) is 4.57 Å². The van der Waals surface area contributed by atoms with E-state index in [0.29, 0.717) is 30.4 Å². The maximum absolute atomic E-state index is 11.9. The van der Waals surface area contributed by atoms with Gasteiger partial charge in [-0.05, 0) is 18.6 Å². The Morgan fingerprint density at radius 3 is 2.80 bits per heavy atom. The summed E-state index contributed by atoms with van der Waals surface area (Å²) >= 11 is 1.07. The second-order valence-electron chi connectivity index (χ2n) is 4.97. The highest BCUT2D eigenvalue weighted by atomic mass is 32.2. The lowest BCUT2D eigenvalue weighted by atomic mass is 10.3. The molecule has 1 aromatic heterocycles. The number of imide groups is 1. The van der Waals surface area contributed by atoms with Crippen molar-refractivity contribution in [2.75, 3.05) is 24.8 Å². The molecule has 0 saturated carbocycles. The average Bonchev–Trinajstić information content (AvgIpc) is 2.94. The Morgan fingerprint density at radius 1 is 1.32 bits per heavy atom. The number of nitrogens with zero attached hydrogens (tertiary/aromatic N) is 2. The summed E-state index contributed by atoms with van der Waals surface area (Å²) in [4.78, 5) is 35.3. The summed E-state index contributed by atoms with van der Waals surface area (Å²) in [6.45, 7) is 0.948. The number of H-pyrrole nitrogens is 1. The van der Waals surface area contributed by atoms with Crippen LogP contribution >= 0.6 is 11.8 Å². The lowest BCUT2D eigenvalue weighted by Crippen LogP contribution is -2.35. The fraction of sp³-hybridized carbons (Fsp3) is 0.333. The van der Waals surface area contributed by atoms with Crippen LogP contribution in [0.25, 0.3) is 0 Å². The van der Waals surface area contributed by atoms with Crippen LogP contribution in [0.5, 0.6) is 0 Å². The van der Waals surface area contributed by atoms with E-state index >= 15 is 0 Å². The van der Waals surface area contributed by atoms with Crippen LogP contribution in [-0.2, 0) is 16.1 Å². The monoisotopic (exact) mass is 365 g/mol. The Kier molecular flexibility index (Phi) is 7.23. The highest BCUT2D eigenvalue weighted by Gasteiger charge is 2.13. The summed E-state index contributed by atoms with van der Waals surface area (Å²) in [7, 11) is 1.58. The highest BCUT2D eigenvalue weighted by molar-refractivity contribution is 7.99. The third-order valence-electron chi connectivity index (χ3n) is 3.07. The second kappa shape index (κ2) is 9.64. The van der Waals surface area contributed by atoms with E-state index in [-0.39, 0.29) is 11.4 Å². The molecule has 2 rings (SSSR count). The molecule has 0 aliphatic heterocycles. The van der Waals surface area contributed by atoms with Crippen LogP contribution in [0.3, 0.4) is 0 Å². The van der Waals surface area contributed by atoms with Gasteiger partial charge in [0.25, 0.3) is 0 Å². The number of rotatable bonds is 8. The van der Waals surface area contributed by atoms with Crippen LogP contribution in [0, 0.1) is 0 Å².